The van der Waals surface area contributed by atoms with Crippen LogP contribution in [0.5, 0.6) is 0 Å². The highest BCUT2D eigenvalue weighted by Crippen LogP contribution is 2.28. The molecule has 2 rings (SSSR count). The summed E-state index contributed by atoms with van der Waals surface area (Å²) in [6, 6.07) is 6.14. The van der Waals surface area contributed by atoms with Crippen molar-refractivity contribution in [3.05, 3.63) is 29.8 Å². The van der Waals surface area contributed by atoms with E-state index >= 15 is 0 Å². The summed E-state index contributed by atoms with van der Waals surface area (Å²) in [4.78, 5) is 40.7. The van der Waals surface area contributed by atoms with Gasteiger partial charge < -0.3 is 26.8 Å². The molecule has 1 aromatic carbocycles. The third-order valence-electron chi connectivity index (χ3n) is 5.03. The number of nitrogens with one attached hydrogen (secondary N) is 2. The predicted molar refractivity (Wildman–Crippen MR) is 114 cm³/mol. The van der Waals surface area contributed by atoms with E-state index in [1.807, 2.05) is 0 Å². The second-order valence-electron chi connectivity index (χ2n) is 7.35. The summed E-state index contributed by atoms with van der Waals surface area (Å²) >= 11 is 0. The lowest BCUT2D eigenvalue weighted by molar-refractivity contribution is -0.144. The molecule has 9 nitrogen and oxygen atoms in total. The van der Waals surface area contributed by atoms with E-state index in [0.717, 1.165) is 25.7 Å². The first kappa shape index (κ1) is 23.2. The van der Waals surface area contributed by atoms with E-state index in [2.05, 4.69) is 15.6 Å². The zero-order valence-electron chi connectivity index (χ0n) is 17.4. The molecule has 30 heavy (non-hydrogen) atoms. The number of carbonyl (C=O) groups excluding carboxylic acids is 3. The highest BCUT2D eigenvalue weighted by Gasteiger charge is 2.27. The minimum Gasteiger partial charge on any atom is -0.466 e. The second-order valence-corrected chi connectivity index (χ2v) is 7.35. The average molecular weight is 418 g/mol. The molecule has 1 aromatic rings. The van der Waals surface area contributed by atoms with Crippen LogP contribution in [0.4, 0.5) is 5.69 Å². The molecule has 1 aliphatic rings. The first-order chi connectivity index (χ1) is 14.4. The molecule has 0 spiro atoms. The van der Waals surface area contributed by atoms with Gasteiger partial charge in [0, 0.05) is 11.6 Å². The molecule has 1 aliphatic carbocycles. The summed E-state index contributed by atoms with van der Waals surface area (Å²) in [5, 5.41) is 5.50. The van der Waals surface area contributed by atoms with Gasteiger partial charge in [-0.1, -0.05) is 25.3 Å². The van der Waals surface area contributed by atoms with Crippen LogP contribution in [-0.2, 0) is 14.3 Å². The van der Waals surface area contributed by atoms with Crippen LogP contribution in [-0.4, -0.2) is 42.9 Å². The highest BCUT2D eigenvalue weighted by molar-refractivity contribution is 5.97. The summed E-state index contributed by atoms with van der Waals surface area (Å²) < 4.78 is 5.05. The van der Waals surface area contributed by atoms with Gasteiger partial charge in [-0.15, -0.1) is 0 Å². The SMILES string of the molecule is CCOC(=O)CC(NC(=O)CNC(=O)c1cccc(N=C(N)N)c1)C1CCCCC1. The van der Waals surface area contributed by atoms with Gasteiger partial charge in [-0.2, -0.15) is 0 Å². The lowest BCUT2D eigenvalue weighted by Gasteiger charge is -2.30. The topological polar surface area (TPSA) is 149 Å². The van der Waals surface area contributed by atoms with Crippen LogP contribution in [0.2, 0.25) is 0 Å². The number of aliphatic imine (C=N–C) groups is 1. The molecule has 0 aliphatic heterocycles. The normalized spacial score (nSPS) is 15.0. The molecular weight excluding hydrogens is 386 g/mol. The molecule has 6 N–H and O–H groups in total. The van der Waals surface area contributed by atoms with Gasteiger partial charge in [-0.05, 0) is 43.9 Å². The molecule has 1 unspecified atom stereocenters. The van der Waals surface area contributed by atoms with Crippen LogP contribution in [0.25, 0.3) is 0 Å². The van der Waals surface area contributed by atoms with Crippen molar-refractivity contribution < 1.29 is 19.1 Å². The highest BCUT2D eigenvalue weighted by atomic mass is 16.5. The molecule has 164 valence electrons. The number of ether oxygens (including phenoxy) is 1. The largest absolute Gasteiger partial charge is 0.466 e. The van der Waals surface area contributed by atoms with Crippen LogP contribution in [0.15, 0.2) is 29.3 Å². The molecule has 1 fully saturated rings. The van der Waals surface area contributed by atoms with Crippen LogP contribution >= 0.6 is 0 Å². The van der Waals surface area contributed by atoms with Crippen molar-refractivity contribution in [2.45, 2.75) is 51.5 Å². The number of carbonyl (C=O) groups is 3. The number of esters is 1. The Morgan fingerprint density at radius 1 is 1.20 bits per heavy atom. The molecule has 0 heterocycles. The zero-order valence-corrected chi connectivity index (χ0v) is 17.4. The van der Waals surface area contributed by atoms with E-state index in [9.17, 15) is 14.4 Å². The van der Waals surface area contributed by atoms with E-state index < -0.39 is 5.91 Å². The number of hydrogen-bond acceptors (Lipinski definition) is 5. The van der Waals surface area contributed by atoms with Gasteiger partial charge in [0.2, 0.25) is 5.91 Å². The van der Waals surface area contributed by atoms with Crippen molar-refractivity contribution in [2.75, 3.05) is 13.2 Å². The third-order valence-corrected chi connectivity index (χ3v) is 5.03. The van der Waals surface area contributed by atoms with E-state index in [4.69, 9.17) is 16.2 Å². The molecule has 2 amide bonds. The number of benzene rings is 1. The molecule has 9 heteroatoms. The van der Waals surface area contributed by atoms with Crippen molar-refractivity contribution in [1.29, 1.82) is 0 Å². The van der Waals surface area contributed by atoms with Crippen molar-refractivity contribution in [1.82, 2.24) is 10.6 Å². The maximum absolute atomic E-state index is 12.5. The number of amides is 2. The van der Waals surface area contributed by atoms with Crippen LogP contribution in [0, 0.1) is 5.92 Å². The number of nitrogens with two attached hydrogens (primary N) is 2. The Labute approximate surface area is 176 Å². The Kier molecular flexibility index (Phi) is 9.11. The van der Waals surface area contributed by atoms with Crippen LogP contribution < -0.4 is 22.1 Å². The van der Waals surface area contributed by atoms with Gasteiger partial charge >= 0.3 is 5.97 Å². The Bertz CT molecular complexity index is 770. The Morgan fingerprint density at radius 2 is 1.93 bits per heavy atom. The summed E-state index contributed by atoms with van der Waals surface area (Å²) in [5.74, 6) is -0.962. The van der Waals surface area contributed by atoms with Crippen molar-refractivity contribution >= 4 is 29.4 Å². The van der Waals surface area contributed by atoms with Gasteiger partial charge in [-0.3, -0.25) is 14.4 Å². The molecule has 0 aromatic heterocycles. The quantitative estimate of drug-likeness (QED) is 0.271. The van der Waals surface area contributed by atoms with Crippen molar-refractivity contribution in [3.63, 3.8) is 0 Å². The Balaban J connectivity index is 1.93. The first-order valence-electron chi connectivity index (χ1n) is 10.3. The van der Waals surface area contributed by atoms with E-state index in [1.165, 1.54) is 12.5 Å². The van der Waals surface area contributed by atoms with Crippen molar-refractivity contribution in [3.8, 4) is 0 Å². The molecular formula is C21H31N5O4. The number of guanidine groups is 1. The number of nitrogens with zero attached hydrogens (tertiary/aromatic N) is 1. The minimum absolute atomic E-state index is 0.109. The monoisotopic (exact) mass is 417 g/mol. The predicted octanol–water partition coefficient (Wildman–Crippen LogP) is 1.34. The maximum atomic E-state index is 12.5. The molecule has 0 saturated heterocycles. The van der Waals surface area contributed by atoms with E-state index in [1.54, 1.807) is 25.1 Å². The van der Waals surface area contributed by atoms with Crippen molar-refractivity contribution in [2.24, 2.45) is 22.4 Å². The number of rotatable bonds is 9. The van der Waals surface area contributed by atoms with Crippen LogP contribution in [0.3, 0.4) is 0 Å². The van der Waals surface area contributed by atoms with Gasteiger partial charge in [0.05, 0.1) is 25.3 Å². The van der Waals surface area contributed by atoms with Crippen LogP contribution in [0.1, 0.15) is 55.8 Å². The fourth-order valence-electron chi connectivity index (χ4n) is 3.66. The van der Waals surface area contributed by atoms with Gasteiger partial charge in [0.1, 0.15) is 0 Å². The second kappa shape index (κ2) is 11.8. The molecule has 0 radical (unpaired) electrons. The maximum Gasteiger partial charge on any atom is 0.307 e. The zero-order chi connectivity index (χ0) is 21.9. The fourth-order valence-corrected chi connectivity index (χ4v) is 3.66. The molecule has 1 saturated carbocycles. The summed E-state index contributed by atoms with van der Waals surface area (Å²) in [6.07, 6.45) is 5.42. The Hall–Kier alpha value is -3.10. The van der Waals surface area contributed by atoms with Gasteiger partial charge in [0.15, 0.2) is 5.96 Å². The minimum atomic E-state index is -0.419. The Morgan fingerprint density at radius 3 is 2.60 bits per heavy atom. The lowest BCUT2D eigenvalue weighted by atomic mass is 9.82. The van der Waals surface area contributed by atoms with Gasteiger partial charge in [0.25, 0.3) is 5.91 Å². The molecule has 0 bridgehead atoms. The summed E-state index contributed by atoms with van der Waals surface area (Å²) in [7, 11) is 0. The summed E-state index contributed by atoms with van der Waals surface area (Å²) in [5.41, 5.74) is 11.5. The lowest BCUT2D eigenvalue weighted by Crippen LogP contribution is -2.46. The van der Waals surface area contributed by atoms with E-state index in [0.29, 0.717) is 17.9 Å². The first-order valence-corrected chi connectivity index (χ1v) is 10.3. The summed E-state index contributed by atoms with van der Waals surface area (Å²) in [6.45, 7) is 1.86. The fraction of sp³-hybridized carbons (Fsp3) is 0.524. The average Bonchev–Trinajstić information content (AvgIpc) is 2.72. The molecule has 1 atom stereocenters. The standard InChI is InChI=1S/C21H31N5O4/c1-2-30-19(28)12-17(14-7-4-3-5-8-14)26-18(27)13-24-20(29)15-9-6-10-16(11-15)25-21(22)23/h6,9-11,14,17H,2-5,7-8,12-13H2,1H3,(H,24,29)(H,26,27)(H4,22,23,25). The van der Waals surface area contributed by atoms with E-state index in [-0.39, 0.29) is 42.8 Å². The third kappa shape index (κ3) is 7.73. The smallest absolute Gasteiger partial charge is 0.307 e. The number of hydrogen-bond donors (Lipinski definition) is 4. The van der Waals surface area contributed by atoms with Gasteiger partial charge in [-0.25, -0.2) is 4.99 Å².